The number of carbonyl (C=O) groups excluding carboxylic acids is 11. The molecule has 2 saturated heterocycles. The number of amides is 3. The van der Waals surface area contributed by atoms with Crippen LogP contribution in [0, 0.1) is 5.92 Å². The third kappa shape index (κ3) is 17.9. The van der Waals surface area contributed by atoms with Crippen LogP contribution in [0.15, 0.2) is 0 Å². The van der Waals surface area contributed by atoms with Crippen LogP contribution in [-0.2, 0) is 100 Å². The number of nitrogens with one attached hydrogen (secondary N) is 1. The first-order valence-electron chi connectivity index (χ1n) is 20.7. The van der Waals surface area contributed by atoms with Crippen molar-refractivity contribution in [1.29, 1.82) is 0 Å². The fraction of sp³-hybridized carbons (Fsp3) is 0.732. The lowest BCUT2D eigenvalue weighted by molar-refractivity contribution is -0.254. The maximum absolute atomic E-state index is 15.0. The van der Waals surface area contributed by atoms with E-state index in [2.05, 4.69) is 5.32 Å². The van der Waals surface area contributed by atoms with Gasteiger partial charge < -0.3 is 63.3 Å². The average molecular weight is 932 g/mol. The smallest absolute Gasteiger partial charge is 0.303 e. The summed E-state index contributed by atoms with van der Waals surface area (Å²) < 4.78 is 55.8. The first kappa shape index (κ1) is 55.2. The fourth-order valence-corrected chi connectivity index (χ4v) is 7.25. The van der Waals surface area contributed by atoms with Crippen molar-refractivity contribution in [3.8, 4) is 0 Å². The van der Waals surface area contributed by atoms with Gasteiger partial charge in [0.25, 0.3) is 0 Å². The van der Waals surface area contributed by atoms with E-state index in [1.54, 1.807) is 13.8 Å². The van der Waals surface area contributed by atoms with Crippen LogP contribution < -0.4 is 11.1 Å². The number of hydrogen-bond acceptors (Lipinski definition) is 21. The molecule has 3 N–H and O–H groups in total. The molecule has 12 atom stereocenters. The molecule has 24 heteroatoms. The normalized spacial score (nSPS) is 25.8. The van der Waals surface area contributed by atoms with Crippen molar-refractivity contribution in [2.75, 3.05) is 19.8 Å². The Labute approximate surface area is 375 Å². The van der Waals surface area contributed by atoms with Crippen LogP contribution in [0.4, 0.5) is 0 Å². The largest absolute Gasteiger partial charge is 0.463 e. The summed E-state index contributed by atoms with van der Waals surface area (Å²) in [6.45, 7) is 11.5. The number of hydrogen-bond donors (Lipinski definition) is 2. The molecular weight excluding hydrogens is 870 g/mol. The third-order valence-electron chi connectivity index (χ3n) is 9.68. The van der Waals surface area contributed by atoms with Crippen molar-refractivity contribution in [2.45, 2.75) is 169 Å². The van der Waals surface area contributed by atoms with Crippen LogP contribution in [0.25, 0.3) is 0 Å². The Kier molecular flexibility index (Phi) is 21.7. The van der Waals surface area contributed by atoms with Gasteiger partial charge in [-0.05, 0) is 25.7 Å². The first-order chi connectivity index (χ1) is 30.2. The fourth-order valence-electron chi connectivity index (χ4n) is 7.25. The standard InChI is InChI=1S/C41H61N3O21/c1-18(2)14-28(41(55)43-19(3)40(42)54)44(13-12-29-34(58-22(6)47)38(62-26(10)51)36(60-24(8)49)31(64-29)16-56-20(4)45)33(53)15-30-35(59-23(7)48)39(63-27(11)52)37(61-25(9)50)32(65-30)17-57-21(5)46/h18-19,28-32,34-39H,12-17H2,1-11H3,(H2,42,54)(H,43,55)/t19-,28-,29-,30+,31-,32+,34-,35-,36-,37+,38-,39+/m0/s1. The second-order valence-corrected chi connectivity index (χ2v) is 15.8. The summed E-state index contributed by atoms with van der Waals surface area (Å²) in [7, 11) is 0. The molecule has 3 amide bonds. The predicted octanol–water partition coefficient (Wildman–Crippen LogP) is -0.749. The van der Waals surface area contributed by atoms with Gasteiger partial charge in [-0.1, -0.05) is 13.8 Å². The van der Waals surface area contributed by atoms with E-state index in [4.69, 9.17) is 53.1 Å². The Morgan fingerprint density at radius 2 is 0.877 bits per heavy atom. The van der Waals surface area contributed by atoms with Gasteiger partial charge in [-0.15, -0.1) is 0 Å². The third-order valence-corrected chi connectivity index (χ3v) is 9.68. The minimum atomic E-state index is -1.66. The number of rotatable bonds is 21. The number of esters is 8. The Morgan fingerprint density at radius 3 is 1.23 bits per heavy atom. The number of primary amides is 1. The van der Waals surface area contributed by atoms with Gasteiger partial charge in [0, 0.05) is 61.9 Å². The molecule has 2 aliphatic rings. The van der Waals surface area contributed by atoms with Gasteiger partial charge in [0.15, 0.2) is 36.6 Å². The second kappa shape index (κ2) is 25.5. The Bertz CT molecular complexity index is 1770. The first-order valence-corrected chi connectivity index (χ1v) is 20.7. The molecule has 24 nitrogen and oxygen atoms in total. The van der Waals surface area contributed by atoms with E-state index in [1.807, 2.05) is 0 Å². The molecule has 0 spiro atoms. The van der Waals surface area contributed by atoms with Gasteiger partial charge in [-0.25, -0.2) is 0 Å². The molecule has 0 radical (unpaired) electrons. The lowest BCUT2D eigenvalue weighted by Gasteiger charge is -2.46. The highest BCUT2D eigenvalue weighted by atomic mass is 16.7. The number of nitrogens with two attached hydrogens (primary N) is 1. The van der Waals surface area contributed by atoms with Crippen molar-refractivity contribution >= 4 is 65.5 Å². The molecule has 2 heterocycles. The van der Waals surface area contributed by atoms with Gasteiger partial charge in [0.2, 0.25) is 17.7 Å². The van der Waals surface area contributed by atoms with E-state index in [0.29, 0.717) is 0 Å². The molecule has 0 aromatic rings. The number of carbonyl (C=O) groups is 11. The van der Waals surface area contributed by atoms with Crippen LogP contribution in [0.1, 0.15) is 95.4 Å². The Hall–Kier alpha value is -5.91. The summed E-state index contributed by atoms with van der Waals surface area (Å²) in [6.07, 6.45) is -16.3. The van der Waals surface area contributed by atoms with Gasteiger partial charge in [0.1, 0.15) is 49.7 Å². The summed E-state index contributed by atoms with van der Waals surface area (Å²) >= 11 is 0. The lowest BCUT2D eigenvalue weighted by Crippen LogP contribution is -2.64. The predicted molar refractivity (Wildman–Crippen MR) is 215 cm³/mol. The maximum atomic E-state index is 15.0. The molecule has 2 aliphatic heterocycles. The molecule has 2 fully saturated rings. The van der Waals surface area contributed by atoms with Crippen LogP contribution >= 0.6 is 0 Å². The van der Waals surface area contributed by atoms with Crippen molar-refractivity contribution in [3.63, 3.8) is 0 Å². The highest BCUT2D eigenvalue weighted by Gasteiger charge is 2.54. The van der Waals surface area contributed by atoms with Crippen LogP contribution in [0.2, 0.25) is 0 Å². The highest BCUT2D eigenvalue weighted by Crippen LogP contribution is 2.34. The van der Waals surface area contributed by atoms with Gasteiger partial charge >= 0.3 is 47.8 Å². The molecule has 366 valence electrons. The zero-order valence-corrected chi connectivity index (χ0v) is 38.3. The zero-order chi connectivity index (χ0) is 49.5. The van der Waals surface area contributed by atoms with Gasteiger partial charge in [-0.3, -0.25) is 52.7 Å². The zero-order valence-electron chi connectivity index (χ0n) is 38.3. The summed E-state index contributed by atoms with van der Waals surface area (Å²) in [4.78, 5) is 141. The number of nitrogens with zero attached hydrogens (tertiary/aromatic N) is 1. The summed E-state index contributed by atoms with van der Waals surface area (Å²) in [6, 6.07) is -2.64. The Morgan fingerprint density at radius 1 is 0.523 bits per heavy atom. The molecule has 0 saturated carbocycles. The van der Waals surface area contributed by atoms with E-state index < -0.39 is 165 Å². The van der Waals surface area contributed by atoms with Crippen molar-refractivity contribution in [2.24, 2.45) is 11.7 Å². The maximum Gasteiger partial charge on any atom is 0.303 e. The second-order valence-electron chi connectivity index (χ2n) is 15.8. The van der Waals surface area contributed by atoms with E-state index in [0.717, 1.165) is 60.3 Å². The molecule has 2 rings (SSSR count). The van der Waals surface area contributed by atoms with E-state index in [1.165, 1.54) is 6.92 Å². The number of ether oxygens (including phenoxy) is 10. The quantitative estimate of drug-likeness (QED) is 0.106. The molecule has 0 bridgehead atoms. The monoisotopic (exact) mass is 931 g/mol. The van der Waals surface area contributed by atoms with E-state index >= 15 is 0 Å². The molecule has 65 heavy (non-hydrogen) atoms. The van der Waals surface area contributed by atoms with Gasteiger partial charge in [0.05, 0.1) is 6.42 Å². The summed E-state index contributed by atoms with van der Waals surface area (Å²) in [5, 5.41) is 2.49. The molecule has 0 aliphatic carbocycles. The van der Waals surface area contributed by atoms with Crippen molar-refractivity contribution in [1.82, 2.24) is 10.2 Å². The van der Waals surface area contributed by atoms with Gasteiger partial charge in [-0.2, -0.15) is 0 Å². The van der Waals surface area contributed by atoms with Crippen molar-refractivity contribution in [3.05, 3.63) is 0 Å². The molecular formula is C41H61N3O21. The summed E-state index contributed by atoms with van der Waals surface area (Å²) in [5.74, 6) is -9.92. The highest BCUT2D eigenvalue weighted by molar-refractivity contribution is 5.91. The van der Waals surface area contributed by atoms with Crippen LogP contribution in [-0.4, -0.2) is 163 Å². The van der Waals surface area contributed by atoms with Crippen LogP contribution in [0.5, 0.6) is 0 Å². The minimum absolute atomic E-state index is 0.0554. The van der Waals surface area contributed by atoms with Crippen LogP contribution in [0.3, 0.4) is 0 Å². The minimum Gasteiger partial charge on any atom is -0.463 e. The average Bonchev–Trinajstić information content (AvgIpc) is 3.15. The topological polar surface area (TPSA) is 321 Å². The van der Waals surface area contributed by atoms with Crippen molar-refractivity contribution < 1.29 is 100 Å². The SMILES string of the molecule is CC(=O)OC[C@@H]1O[C@@H](CCN(C(=O)C[C@H]2O[C@H](COC(C)=O)[C@@H](OC(C)=O)[C@H](OC(C)=O)[C@H]2OC(C)=O)[C@@H](CC(C)C)C(=O)N[C@@H](C)C(N)=O)[C@H](OC(C)=O)[C@H](OC(C)=O)[C@H]1OC(C)=O. The molecule has 0 aromatic carbocycles. The Balaban J connectivity index is 2.85. The molecule has 0 aromatic heterocycles. The van der Waals surface area contributed by atoms with E-state index in [-0.39, 0.29) is 18.8 Å². The van der Waals surface area contributed by atoms with E-state index in [9.17, 15) is 52.7 Å². The summed E-state index contributed by atoms with van der Waals surface area (Å²) in [5.41, 5.74) is 5.45. The lowest BCUT2D eigenvalue weighted by atomic mass is 9.91. The molecule has 0 unspecified atom stereocenters.